The third-order valence-electron chi connectivity index (χ3n) is 4.15. The van der Waals surface area contributed by atoms with Crippen LogP contribution in [0.2, 0.25) is 0 Å². The number of hydrazone groups is 1. The monoisotopic (exact) mass is 338 g/mol. The van der Waals surface area contributed by atoms with E-state index in [4.69, 9.17) is 0 Å². The normalized spacial score (nSPS) is 11.7. The Bertz CT molecular complexity index is 934. The van der Waals surface area contributed by atoms with Crippen molar-refractivity contribution in [3.8, 4) is 0 Å². The number of carbonyl (C=O) groups is 1. The first-order valence-corrected chi connectivity index (χ1v) is 8.26. The highest BCUT2D eigenvalue weighted by atomic mass is 16.2. The molecule has 0 radical (unpaired) electrons. The number of aromatic nitrogens is 4. The lowest BCUT2D eigenvalue weighted by Gasteiger charge is -2.13. The van der Waals surface area contributed by atoms with Crippen molar-refractivity contribution in [2.45, 2.75) is 40.3 Å². The summed E-state index contributed by atoms with van der Waals surface area (Å²) in [7, 11) is 0. The number of amides is 1. The highest BCUT2D eigenvalue weighted by molar-refractivity contribution is 5.84. The number of rotatable bonds is 5. The number of nitrogens with zero attached hydrogens (tertiary/aromatic N) is 5. The van der Waals surface area contributed by atoms with Crippen LogP contribution in [0.3, 0.4) is 0 Å². The predicted molar refractivity (Wildman–Crippen MR) is 97.6 cm³/mol. The van der Waals surface area contributed by atoms with Crippen molar-refractivity contribution < 1.29 is 4.79 Å². The van der Waals surface area contributed by atoms with Gasteiger partial charge in [0.15, 0.2) is 0 Å². The first kappa shape index (κ1) is 16.9. The van der Waals surface area contributed by atoms with Gasteiger partial charge in [-0.2, -0.15) is 5.10 Å². The SMILES string of the molecule is Cc1cc(/C=N\NC(=O)Cn2nnc3ccccc32)c(C)n1C(C)C. The number of fused-ring (bicyclic) bond motifs is 1. The third-order valence-corrected chi connectivity index (χ3v) is 4.15. The molecule has 7 heteroatoms. The predicted octanol–water partition coefficient (Wildman–Crippen LogP) is 2.58. The first-order valence-electron chi connectivity index (χ1n) is 8.26. The van der Waals surface area contributed by atoms with Crippen LogP contribution in [0.1, 0.15) is 36.8 Å². The lowest BCUT2D eigenvalue weighted by molar-refractivity contribution is -0.121. The second-order valence-electron chi connectivity index (χ2n) is 6.32. The van der Waals surface area contributed by atoms with Crippen molar-refractivity contribution in [1.82, 2.24) is 25.0 Å². The fourth-order valence-corrected chi connectivity index (χ4v) is 3.11. The molecule has 25 heavy (non-hydrogen) atoms. The molecule has 0 aliphatic carbocycles. The van der Waals surface area contributed by atoms with Crippen molar-refractivity contribution in [2.75, 3.05) is 0 Å². The summed E-state index contributed by atoms with van der Waals surface area (Å²) < 4.78 is 3.80. The van der Waals surface area contributed by atoms with Crippen molar-refractivity contribution in [3.05, 3.63) is 47.3 Å². The Hall–Kier alpha value is -2.96. The van der Waals surface area contributed by atoms with Gasteiger partial charge < -0.3 is 4.57 Å². The zero-order chi connectivity index (χ0) is 18.0. The maximum Gasteiger partial charge on any atom is 0.261 e. The van der Waals surface area contributed by atoms with Gasteiger partial charge in [-0.15, -0.1) is 5.10 Å². The lowest BCUT2D eigenvalue weighted by atomic mass is 10.2. The highest BCUT2D eigenvalue weighted by Crippen LogP contribution is 2.18. The molecule has 0 bridgehead atoms. The summed E-state index contributed by atoms with van der Waals surface area (Å²) in [6.45, 7) is 8.48. The van der Waals surface area contributed by atoms with E-state index < -0.39 is 0 Å². The average Bonchev–Trinajstić information content (AvgIpc) is 3.09. The quantitative estimate of drug-likeness (QED) is 0.574. The molecule has 0 spiro atoms. The largest absolute Gasteiger partial charge is 0.346 e. The molecule has 0 unspecified atom stereocenters. The number of nitrogens with one attached hydrogen (secondary N) is 1. The standard InChI is InChI=1S/C18H22N6O/c1-12(2)24-13(3)9-15(14(24)4)10-19-21-18(25)11-23-17-8-6-5-7-16(17)20-22-23/h5-10,12H,11H2,1-4H3,(H,21,25)/b19-10-. The van der Waals surface area contributed by atoms with Crippen LogP contribution in [0.4, 0.5) is 0 Å². The van der Waals surface area contributed by atoms with E-state index in [2.05, 4.69) is 59.2 Å². The van der Waals surface area contributed by atoms with Gasteiger partial charge in [0, 0.05) is 23.0 Å². The minimum absolute atomic E-state index is 0.0723. The van der Waals surface area contributed by atoms with E-state index in [-0.39, 0.29) is 12.5 Å². The van der Waals surface area contributed by atoms with Gasteiger partial charge in [-0.3, -0.25) is 4.79 Å². The Morgan fingerprint density at radius 3 is 2.80 bits per heavy atom. The van der Waals surface area contributed by atoms with E-state index in [1.165, 1.54) is 5.69 Å². The van der Waals surface area contributed by atoms with E-state index in [9.17, 15) is 4.79 Å². The van der Waals surface area contributed by atoms with E-state index in [0.29, 0.717) is 6.04 Å². The molecule has 1 N–H and O–H groups in total. The highest BCUT2D eigenvalue weighted by Gasteiger charge is 2.10. The van der Waals surface area contributed by atoms with Crippen molar-refractivity contribution in [2.24, 2.45) is 5.10 Å². The smallest absolute Gasteiger partial charge is 0.261 e. The number of para-hydroxylation sites is 1. The van der Waals surface area contributed by atoms with Crippen LogP contribution in [0.15, 0.2) is 35.4 Å². The molecule has 2 aromatic heterocycles. The van der Waals surface area contributed by atoms with E-state index in [1.807, 2.05) is 24.3 Å². The minimum Gasteiger partial charge on any atom is -0.346 e. The number of aryl methyl sites for hydroxylation is 1. The van der Waals surface area contributed by atoms with Crippen molar-refractivity contribution in [1.29, 1.82) is 0 Å². The van der Waals surface area contributed by atoms with E-state index in [0.717, 1.165) is 22.3 Å². The maximum atomic E-state index is 12.1. The molecule has 7 nitrogen and oxygen atoms in total. The van der Waals surface area contributed by atoms with E-state index >= 15 is 0 Å². The second-order valence-corrected chi connectivity index (χ2v) is 6.32. The molecule has 2 heterocycles. The molecule has 0 saturated heterocycles. The zero-order valence-electron chi connectivity index (χ0n) is 14.9. The van der Waals surface area contributed by atoms with Crippen LogP contribution in [-0.2, 0) is 11.3 Å². The van der Waals surface area contributed by atoms with Gasteiger partial charge in [0.1, 0.15) is 12.1 Å². The van der Waals surface area contributed by atoms with Crippen LogP contribution >= 0.6 is 0 Å². The summed E-state index contributed by atoms with van der Waals surface area (Å²) >= 11 is 0. The van der Waals surface area contributed by atoms with Gasteiger partial charge in [-0.25, -0.2) is 10.1 Å². The van der Waals surface area contributed by atoms with Gasteiger partial charge in [0.05, 0.1) is 11.7 Å². The van der Waals surface area contributed by atoms with E-state index in [1.54, 1.807) is 10.9 Å². The number of hydrogen-bond donors (Lipinski definition) is 1. The van der Waals surface area contributed by atoms with Crippen LogP contribution in [-0.4, -0.2) is 31.7 Å². The molecule has 0 aliphatic heterocycles. The molecular formula is C18H22N6O. The maximum absolute atomic E-state index is 12.1. The molecule has 3 aromatic rings. The Kier molecular flexibility index (Phi) is 4.65. The lowest BCUT2D eigenvalue weighted by Crippen LogP contribution is -2.23. The summed E-state index contributed by atoms with van der Waals surface area (Å²) in [5, 5.41) is 12.1. The second kappa shape index (κ2) is 6.88. The molecule has 0 atom stereocenters. The molecule has 130 valence electrons. The van der Waals surface area contributed by atoms with Crippen molar-refractivity contribution in [3.63, 3.8) is 0 Å². The number of carbonyl (C=O) groups excluding carboxylic acids is 1. The fourth-order valence-electron chi connectivity index (χ4n) is 3.11. The fraction of sp³-hybridized carbons (Fsp3) is 0.333. The molecule has 0 fully saturated rings. The zero-order valence-corrected chi connectivity index (χ0v) is 14.9. The summed E-state index contributed by atoms with van der Waals surface area (Å²) in [5.74, 6) is -0.246. The third kappa shape index (κ3) is 3.45. The Morgan fingerprint density at radius 1 is 1.32 bits per heavy atom. The van der Waals surface area contributed by atoms with Gasteiger partial charge in [0.2, 0.25) is 0 Å². The van der Waals surface area contributed by atoms with Gasteiger partial charge in [-0.1, -0.05) is 17.3 Å². The Morgan fingerprint density at radius 2 is 2.08 bits per heavy atom. The number of benzene rings is 1. The number of hydrogen-bond acceptors (Lipinski definition) is 4. The topological polar surface area (TPSA) is 77.1 Å². The summed E-state index contributed by atoms with van der Waals surface area (Å²) in [6.07, 6.45) is 1.68. The van der Waals surface area contributed by atoms with Gasteiger partial charge in [0.25, 0.3) is 5.91 Å². The van der Waals surface area contributed by atoms with Crippen LogP contribution in [0, 0.1) is 13.8 Å². The van der Waals surface area contributed by atoms with Crippen molar-refractivity contribution >= 4 is 23.2 Å². The molecular weight excluding hydrogens is 316 g/mol. The molecule has 0 aliphatic rings. The molecule has 1 amide bonds. The van der Waals surface area contributed by atoms with Crippen LogP contribution < -0.4 is 5.43 Å². The van der Waals surface area contributed by atoms with Gasteiger partial charge in [-0.05, 0) is 45.9 Å². The van der Waals surface area contributed by atoms with Crippen LogP contribution in [0.5, 0.6) is 0 Å². The van der Waals surface area contributed by atoms with Gasteiger partial charge >= 0.3 is 0 Å². The summed E-state index contributed by atoms with van der Waals surface area (Å²) in [4.78, 5) is 12.1. The molecule has 1 aromatic carbocycles. The summed E-state index contributed by atoms with van der Waals surface area (Å²) in [6, 6.07) is 9.97. The minimum atomic E-state index is -0.246. The molecule has 3 rings (SSSR count). The summed E-state index contributed by atoms with van der Waals surface area (Å²) in [5.41, 5.74) is 7.44. The first-order chi connectivity index (χ1) is 12.0. The Balaban J connectivity index is 1.66. The van der Waals surface area contributed by atoms with Crippen LogP contribution in [0.25, 0.3) is 11.0 Å². The molecule has 0 saturated carbocycles. The Labute approximate surface area is 146 Å². The average molecular weight is 338 g/mol.